The molecule has 0 rings (SSSR count). The summed E-state index contributed by atoms with van der Waals surface area (Å²) in [4.78, 5) is 11.8. The van der Waals surface area contributed by atoms with E-state index in [-0.39, 0.29) is 6.61 Å². The van der Waals surface area contributed by atoms with Gasteiger partial charge in [0.1, 0.15) is 6.61 Å². The summed E-state index contributed by atoms with van der Waals surface area (Å²) in [6.45, 7) is 0.461. The zero-order valence-electron chi connectivity index (χ0n) is 21.4. The molecule has 0 aromatic carbocycles. The highest BCUT2D eigenvalue weighted by Crippen LogP contribution is 2.17. The van der Waals surface area contributed by atoms with Gasteiger partial charge in [-0.3, -0.25) is 0 Å². The summed E-state index contributed by atoms with van der Waals surface area (Å²) < 4.78 is 4.96. The average Bonchev–Trinajstić information content (AvgIpc) is 2.84. The minimum Gasteiger partial charge on any atom is -0.463 e. The molecule has 0 aliphatic rings. The lowest BCUT2D eigenvalue weighted by Crippen LogP contribution is -2.40. The highest BCUT2D eigenvalue weighted by atomic mass is 16.5. The molecule has 0 aromatic rings. The van der Waals surface area contributed by atoms with Gasteiger partial charge in [0.2, 0.25) is 0 Å². The number of aliphatic hydroxyl groups excluding tert-OH is 4. The molecular formula is C27H54O6. The van der Waals surface area contributed by atoms with Gasteiger partial charge in [-0.05, 0) is 6.42 Å². The number of rotatable bonds is 25. The topological polar surface area (TPSA) is 107 Å². The highest BCUT2D eigenvalue weighted by Gasteiger charge is 2.31. The minimum atomic E-state index is -1.26. The van der Waals surface area contributed by atoms with Gasteiger partial charge in [0, 0.05) is 0 Å². The van der Waals surface area contributed by atoms with E-state index in [1.165, 1.54) is 96.3 Å². The van der Waals surface area contributed by atoms with Crippen LogP contribution in [0.3, 0.4) is 0 Å². The van der Waals surface area contributed by atoms with Gasteiger partial charge in [-0.15, -0.1) is 0 Å². The van der Waals surface area contributed by atoms with Crippen LogP contribution >= 0.6 is 0 Å². The van der Waals surface area contributed by atoms with Crippen LogP contribution in [-0.4, -0.2) is 58.9 Å². The molecule has 1 atom stereocenters. The van der Waals surface area contributed by atoms with Gasteiger partial charge in [0.15, 0.2) is 6.10 Å². The van der Waals surface area contributed by atoms with Crippen LogP contribution in [0.2, 0.25) is 0 Å². The van der Waals surface area contributed by atoms with Crippen LogP contribution in [0.4, 0.5) is 0 Å². The van der Waals surface area contributed by atoms with E-state index in [9.17, 15) is 25.2 Å². The van der Waals surface area contributed by atoms with Crippen LogP contribution in [0, 0.1) is 5.41 Å². The van der Waals surface area contributed by atoms with E-state index in [0.29, 0.717) is 6.42 Å². The lowest BCUT2D eigenvalue weighted by Gasteiger charge is -2.26. The Morgan fingerprint density at radius 2 is 0.970 bits per heavy atom. The molecule has 0 amide bonds. The van der Waals surface area contributed by atoms with E-state index in [1.807, 2.05) is 0 Å². The smallest absolute Gasteiger partial charge is 0.334 e. The maximum Gasteiger partial charge on any atom is 0.334 e. The highest BCUT2D eigenvalue weighted by molar-refractivity contribution is 5.74. The summed E-state index contributed by atoms with van der Waals surface area (Å²) in [6, 6.07) is 0. The maximum absolute atomic E-state index is 11.8. The molecule has 0 aromatic heterocycles. The Morgan fingerprint density at radius 3 is 1.30 bits per heavy atom. The van der Waals surface area contributed by atoms with Crippen molar-refractivity contribution in [1.29, 1.82) is 0 Å². The van der Waals surface area contributed by atoms with E-state index in [2.05, 4.69) is 6.92 Å². The number of esters is 1. The van der Waals surface area contributed by atoms with Crippen molar-refractivity contribution < 1.29 is 30.0 Å². The molecule has 0 aliphatic carbocycles. The Hall–Kier alpha value is -0.690. The lowest BCUT2D eigenvalue weighted by molar-refractivity contribution is -0.161. The van der Waals surface area contributed by atoms with Gasteiger partial charge in [-0.2, -0.15) is 0 Å². The Labute approximate surface area is 203 Å². The quantitative estimate of drug-likeness (QED) is 0.106. The number of aliphatic hydroxyl groups is 4. The van der Waals surface area contributed by atoms with Crippen LogP contribution in [-0.2, 0) is 9.53 Å². The van der Waals surface area contributed by atoms with Crippen molar-refractivity contribution in [2.45, 2.75) is 135 Å². The van der Waals surface area contributed by atoms with Crippen LogP contribution in [0.1, 0.15) is 129 Å². The zero-order valence-corrected chi connectivity index (χ0v) is 21.4. The predicted octanol–water partition coefficient (Wildman–Crippen LogP) is 5.29. The molecule has 6 heteroatoms. The first-order chi connectivity index (χ1) is 16.0. The SMILES string of the molecule is CCCCCCCCCCCCCCCCCCCCC(O)C(=O)OCC(CO)(CO)CO. The summed E-state index contributed by atoms with van der Waals surface area (Å²) in [5.74, 6) is -0.762. The van der Waals surface area contributed by atoms with E-state index in [1.54, 1.807) is 0 Å². The molecule has 1 unspecified atom stereocenters. The van der Waals surface area contributed by atoms with Crippen LogP contribution in [0.15, 0.2) is 0 Å². The van der Waals surface area contributed by atoms with Crippen molar-refractivity contribution in [3.8, 4) is 0 Å². The summed E-state index contributed by atoms with van der Waals surface area (Å²) >= 11 is 0. The van der Waals surface area contributed by atoms with E-state index in [0.717, 1.165) is 19.3 Å². The van der Waals surface area contributed by atoms with E-state index < -0.39 is 37.3 Å². The predicted molar refractivity (Wildman–Crippen MR) is 134 cm³/mol. The van der Waals surface area contributed by atoms with Crippen LogP contribution in [0.5, 0.6) is 0 Å². The van der Waals surface area contributed by atoms with Gasteiger partial charge in [0.05, 0.1) is 25.2 Å². The first-order valence-electron chi connectivity index (χ1n) is 13.7. The monoisotopic (exact) mass is 474 g/mol. The third-order valence-corrected chi connectivity index (χ3v) is 6.63. The van der Waals surface area contributed by atoms with Gasteiger partial charge >= 0.3 is 5.97 Å². The fraction of sp³-hybridized carbons (Fsp3) is 0.963. The molecule has 198 valence electrons. The summed E-state index contributed by atoms with van der Waals surface area (Å²) in [7, 11) is 0. The molecule has 33 heavy (non-hydrogen) atoms. The van der Waals surface area contributed by atoms with Crippen LogP contribution in [0.25, 0.3) is 0 Å². The number of hydrogen-bond acceptors (Lipinski definition) is 6. The van der Waals surface area contributed by atoms with Crippen molar-refractivity contribution in [1.82, 2.24) is 0 Å². The average molecular weight is 475 g/mol. The van der Waals surface area contributed by atoms with Gasteiger partial charge in [0.25, 0.3) is 0 Å². The van der Waals surface area contributed by atoms with Gasteiger partial charge in [-0.1, -0.05) is 122 Å². The molecule has 0 radical (unpaired) electrons. The molecule has 0 bridgehead atoms. The van der Waals surface area contributed by atoms with Crippen molar-refractivity contribution in [3.05, 3.63) is 0 Å². The molecule has 4 N–H and O–H groups in total. The summed E-state index contributed by atoms with van der Waals surface area (Å²) in [5.41, 5.74) is -1.26. The number of ether oxygens (including phenoxy) is 1. The maximum atomic E-state index is 11.8. The molecule has 0 saturated heterocycles. The Morgan fingerprint density at radius 1 is 0.636 bits per heavy atom. The Bertz CT molecular complexity index is 417. The molecular weight excluding hydrogens is 420 g/mol. The Balaban J connectivity index is 3.42. The standard InChI is InChI=1S/C27H54O6/c1-2-3-4-5-6-7-8-9-10-11-12-13-14-15-16-17-18-19-20-25(31)26(32)33-24-27(21-28,22-29)23-30/h25,28-31H,2-24H2,1H3. The summed E-state index contributed by atoms with van der Waals surface area (Å²) in [5, 5.41) is 37.6. The second-order valence-electron chi connectivity index (χ2n) is 9.90. The normalized spacial score (nSPS) is 12.8. The van der Waals surface area contributed by atoms with Crippen molar-refractivity contribution >= 4 is 5.97 Å². The second kappa shape index (κ2) is 23.1. The summed E-state index contributed by atoms with van der Waals surface area (Å²) in [6.07, 6.45) is 22.4. The largest absolute Gasteiger partial charge is 0.463 e. The molecule has 0 saturated carbocycles. The molecule has 0 heterocycles. The van der Waals surface area contributed by atoms with E-state index >= 15 is 0 Å². The number of carbonyl (C=O) groups is 1. The number of hydrogen-bond donors (Lipinski definition) is 4. The van der Waals surface area contributed by atoms with Gasteiger partial charge in [-0.25, -0.2) is 4.79 Å². The Kier molecular flexibility index (Phi) is 22.6. The zero-order chi connectivity index (χ0) is 24.6. The molecule has 0 fully saturated rings. The van der Waals surface area contributed by atoms with Crippen molar-refractivity contribution in [2.24, 2.45) is 5.41 Å². The third-order valence-electron chi connectivity index (χ3n) is 6.63. The first kappa shape index (κ1) is 32.3. The molecule has 6 nitrogen and oxygen atoms in total. The first-order valence-corrected chi connectivity index (χ1v) is 13.7. The van der Waals surface area contributed by atoms with Crippen molar-refractivity contribution in [2.75, 3.05) is 26.4 Å². The molecule has 0 aliphatic heterocycles. The van der Waals surface area contributed by atoms with Crippen molar-refractivity contribution in [3.63, 3.8) is 0 Å². The fourth-order valence-corrected chi connectivity index (χ4v) is 3.96. The number of unbranched alkanes of at least 4 members (excludes halogenated alkanes) is 17. The second-order valence-corrected chi connectivity index (χ2v) is 9.90. The third kappa shape index (κ3) is 18.3. The van der Waals surface area contributed by atoms with Gasteiger partial charge < -0.3 is 25.2 Å². The lowest BCUT2D eigenvalue weighted by atomic mass is 9.92. The van der Waals surface area contributed by atoms with E-state index in [4.69, 9.17) is 4.74 Å². The number of carbonyl (C=O) groups excluding carboxylic acids is 1. The van der Waals surface area contributed by atoms with Crippen LogP contribution < -0.4 is 0 Å². The fourth-order valence-electron chi connectivity index (χ4n) is 3.96. The molecule has 0 spiro atoms. The minimum absolute atomic E-state index is 0.314.